The minimum absolute atomic E-state index is 0.111. The molecule has 6 nitrogen and oxygen atoms in total. The number of aliphatic carboxylic acids is 1. The molecule has 0 aromatic rings. The van der Waals surface area contributed by atoms with Crippen molar-refractivity contribution >= 4 is 23.5 Å². The largest absolute Gasteiger partial charge is 0.481 e. The van der Waals surface area contributed by atoms with Crippen molar-refractivity contribution < 1.29 is 29.0 Å². The van der Waals surface area contributed by atoms with Crippen LogP contribution in [0.5, 0.6) is 0 Å². The number of hydrogen-bond acceptors (Lipinski definition) is 5. The van der Waals surface area contributed by atoms with Gasteiger partial charge in [0, 0.05) is 12.8 Å². The molecule has 0 saturated carbocycles. The molecule has 0 amide bonds. The maximum atomic E-state index is 11.3. The molecular formula is C11H16O6. The van der Waals surface area contributed by atoms with Gasteiger partial charge in [-0.2, -0.15) is 0 Å². The van der Waals surface area contributed by atoms with Gasteiger partial charge in [-0.25, -0.2) is 0 Å². The summed E-state index contributed by atoms with van der Waals surface area (Å²) in [4.78, 5) is 44.0. The molecule has 0 fully saturated rings. The monoisotopic (exact) mass is 244 g/mol. The summed E-state index contributed by atoms with van der Waals surface area (Å²) < 4.78 is 4.81. The van der Waals surface area contributed by atoms with Crippen molar-refractivity contribution in [3.63, 3.8) is 0 Å². The number of carboxylic acids is 1. The van der Waals surface area contributed by atoms with Crippen LogP contribution in [0.4, 0.5) is 0 Å². The Morgan fingerprint density at radius 3 is 1.88 bits per heavy atom. The number of carbonyl (C=O) groups excluding carboxylic acids is 3. The second-order valence-corrected chi connectivity index (χ2v) is 3.87. The number of ether oxygens (including phenoxy) is 1. The Balaban J connectivity index is 4.39. The zero-order chi connectivity index (χ0) is 13.6. The van der Waals surface area contributed by atoms with E-state index in [4.69, 9.17) is 9.84 Å². The van der Waals surface area contributed by atoms with Crippen LogP contribution >= 0.6 is 0 Å². The molecule has 96 valence electrons. The lowest BCUT2D eigenvalue weighted by Crippen LogP contribution is -2.45. The zero-order valence-corrected chi connectivity index (χ0v) is 10.1. The summed E-state index contributed by atoms with van der Waals surface area (Å²) in [7, 11) is 0. The first-order chi connectivity index (χ1) is 7.70. The number of ketones is 2. The third kappa shape index (κ3) is 4.76. The van der Waals surface area contributed by atoms with E-state index in [-0.39, 0.29) is 19.3 Å². The molecule has 0 spiro atoms. The van der Waals surface area contributed by atoms with E-state index in [0.29, 0.717) is 0 Å². The smallest absolute Gasteiger partial charge is 0.307 e. The molecule has 0 aromatic heterocycles. The summed E-state index contributed by atoms with van der Waals surface area (Å²) in [5, 5.41) is 8.38. The van der Waals surface area contributed by atoms with Crippen LogP contribution in [0.25, 0.3) is 0 Å². The molecule has 0 heterocycles. The number of carboxylic acid groups (broad SMARTS) is 1. The number of rotatable bonds is 7. The molecule has 0 rings (SSSR count). The van der Waals surface area contributed by atoms with E-state index in [0.717, 1.165) is 13.8 Å². The first-order valence-electron chi connectivity index (χ1n) is 5.16. The minimum atomic E-state index is -1.76. The van der Waals surface area contributed by atoms with Gasteiger partial charge in [0.2, 0.25) is 5.60 Å². The summed E-state index contributed by atoms with van der Waals surface area (Å²) in [6.07, 6.45) is -0.186. The fourth-order valence-corrected chi connectivity index (χ4v) is 1.05. The van der Waals surface area contributed by atoms with Gasteiger partial charge in [-0.15, -0.1) is 0 Å². The predicted octanol–water partition coefficient (Wildman–Crippen LogP) is 0.721. The molecule has 0 atom stereocenters. The summed E-state index contributed by atoms with van der Waals surface area (Å²) in [5.41, 5.74) is -1.76. The molecule has 0 aliphatic rings. The maximum absolute atomic E-state index is 11.3. The van der Waals surface area contributed by atoms with Gasteiger partial charge in [-0.3, -0.25) is 19.2 Å². The van der Waals surface area contributed by atoms with E-state index in [2.05, 4.69) is 0 Å². The fourth-order valence-electron chi connectivity index (χ4n) is 1.05. The van der Waals surface area contributed by atoms with E-state index in [1.807, 2.05) is 0 Å². The summed E-state index contributed by atoms with van der Waals surface area (Å²) >= 11 is 0. The average molecular weight is 244 g/mol. The number of Topliss-reactive ketones (excluding diaryl/α,β-unsaturated/α-hetero) is 2. The Bertz CT molecular complexity index is 330. The number of esters is 1. The molecule has 0 radical (unpaired) electrons. The minimum Gasteiger partial charge on any atom is -0.481 e. The molecule has 0 saturated heterocycles. The van der Waals surface area contributed by atoms with Crippen molar-refractivity contribution in [1.29, 1.82) is 0 Å². The van der Waals surface area contributed by atoms with Crippen LogP contribution in [0.2, 0.25) is 0 Å². The molecular weight excluding hydrogens is 228 g/mol. The molecule has 0 aliphatic carbocycles. The maximum Gasteiger partial charge on any atom is 0.307 e. The van der Waals surface area contributed by atoms with Crippen molar-refractivity contribution in [2.75, 3.05) is 0 Å². The van der Waals surface area contributed by atoms with E-state index in [1.165, 1.54) is 6.92 Å². The highest BCUT2D eigenvalue weighted by atomic mass is 16.6. The molecule has 0 unspecified atom stereocenters. The number of carbonyl (C=O) groups is 4. The van der Waals surface area contributed by atoms with Crippen LogP contribution in [-0.4, -0.2) is 34.2 Å². The van der Waals surface area contributed by atoms with Crippen molar-refractivity contribution in [3.8, 4) is 0 Å². The van der Waals surface area contributed by atoms with Gasteiger partial charge in [-0.05, 0) is 27.2 Å². The molecule has 17 heavy (non-hydrogen) atoms. The molecule has 0 bridgehead atoms. The second kappa shape index (κ2) is 6.12. The third-order valence-corrected chi connectivity index (χ3v) is 2.43. The van der Waals surface area contributed by atoms with Crippen molar-refractivity contribution in [2.45, 2.75) is 45.6 Å². The van der Waals surface area contributed by atoms with Gasteiger partial charge in [0.1, 0.15) is 0 Å². The van der Waals surface area contributed by atoms with Gasteiger partial charge in [0.25, 0.3) is 0 Å². The van der Waals surface area contributed by atoms with E-state index in [1.54, 1.807) is 0 Å². The zero-order valence-electron chi connectivity index (χ0n) is 10.1. The highest BCUT2D eigenvalue weighted by Gasteiger charge is 2.39. The average Bonchev–Trinajstić information content (AvgIpc) is 2.15. The predicted molar refractivity (Wildman–Crippen MR) is 57.3 cm³/mol. The highest BCUT2D eigenvalue weighted by Crippen LogP contribution is 2.15. The Hall–Kier alpha value is -1.72. The van der Waals surface area contributed by atoms with E-state index in [9.17, 15) is 19.2 Å². The SMILES string of the molecule is CC(=O)C(C)(OC(=O)CCCC(=O)O)C(C)=O. The summed E-state index contributed by atoms with van der Waals surface area (Å²) in [6.45, 7) is 3.55. The van der Waals surface area contributed by atoms with Gasteiger partial charge in [-0.1, -0.05) is 0 Å². The standard InChI is InChI=1S/C11H16O6/c1-7(12)11(3,8(2)13)17-10(16)6-4-5-9(14)15/h4-6H2,1-3H3,(H,14,15). The molecule has 1 N–H and O–H groups in total. The first-order valence-corrected chi connectivity index (χ1v) is 5.16. The Labute approximate surface area is 98.9 Å². The van der Waals surface area contributed by atoms with Crippen molar-refractivity contribution in [2.24, 2.45) is 0 Å². The topological polar surface area (TPSA) is 97.7 Å². The van der Waals surface area contributed by atoms with Gasteiger partial charge in [0.15, 0.2) is 11.6 Å². The van der Waals surface area contributed by atoms with Gasteiger partial charge >= 0.3 is 11.9 Å². The number of hydrogen-bond donors (Lipinski definition) is 1. The van der Waals surface area contributed by atoms with Crippen LogP contribution in [0.15, 0.2) is 0 Å². The lowest BCUT2D eigenvalue weighted by Gasteiger charge is -2.23. The normalized spacial score (nSPS) is 10.8. The van der Waals surface area contributed by atoms with Crippen LogP contribution in [0.3, 0.4) is 0 Å². The molecule has 0 aliphatic heterocycles. The quantitative estimate of drug-likeness (QED) is 0.523. The molecule has 6 heteroatoms. The van der Waals surface area contributed by atoms with Crippen LogP contribution < -0.4 is 0 Å². The lowest BCUT2D eigenvalue weighted by molar-refractivity contribution is -0.170. The van der Waals surface area contributed by atoms with Gasteiger partial charge in [0.05, 0.1) is 0 Å². The van der Waals surface area contributed by atoms with Crippen molar-refractivity contribution in [3.05, 3.63) is 0 Å². The highest BCUT2D eigenvalue weighted by molar-refractivity contribution is 6.09. The fraction of sp³-hybridized carbons (Fsp3) is 0.636. The van der Waals surface area contributed by atoms with Crippen LogP contribution in [-0.2, 0) is 23.9 Å². The van der Waals surface area contributed by atoms with Crippen LogP contribution in [0, 0.1) is 0 Å². The summed E-state index contributed by atoms with van der Waals surface area (Å²) in [6, 6.07) is 0. The van der Waals surface area contributed by atoms with Crippen LogP contribution in [0.1, 0.15) is 40.0 Å². The second-order valence-electron chi connectivity index (χ2n) is 3.87. The Morgan fingerprint density at radius 1 is 1.06 bits per heavy atom. The first kappa shape index (κ1) is 15.3. The van der Waals surface area contributed by atoms with E-state index < -0.39 is 29.1 Å². The summed E-state index contributed by atoms with van der Waals surface area (Å²) in [5.74, 6) is -2.88. The third-order valence-electron chi connectivity index (χ3n) is 2.43. The van der Waals surface area contributed by atoms with Gasteiger partial charge < -0.3 is 9.84 Å². The lowest BCUT2D eigenvalue weighted by atomic mass is 9.97. The Kier molecular flexibility index (Phi) is 5.50. The molecule has 0 aromatic carbocycles. The Morgan fingerprint density at radius 2 is 1.53 bits per heavy atom. The van der Waals surface area contributed by atoms with E-state index >= 15 is 0 Å². The van der Waals surface area contributed by atoms with Crippen molar-refractivity contribution in [1.82, 2.24) is 0 Å².